The van der Waals surface area contributed by atoms with Crippen LogP contribution in [0.1, 0.15) is 12.0 Å². The highest BCUT2D eigenvalue weighted by Gasteiger charge is 2.21. The second-order valence-corrected chi connectivity index (χ2v) is 8.42. The summed E-state index contributed by atoms with van der Waals surface area (Å²) in [6.07, 6.45) is 2.07. The molecule has 9 nitrogen and oxygen atoms in total. The van der Waals surface area contributed by atoms with Crippen molar-refractivity contribution < 1.29 is 14.1 Å². The quantitative estimate of drug-likeness (QED) is 0.391. The van der Waals surface area contributed by atoms with Gasteiger partial charge >= 0.3 is 0 Å². The zero-order valence-corrected chi connectivity index (χ0v) is 19.0. The molecule has 0 bridgehead atoms. The fourth-order valence-electron chi connectivity index (χ4n) is 3.20. The number of rotatable bonds is 8. The number of amides is 1. The first-order chi connectivity index (χ1) is 15.5. The predicted octanol–water partition coefficient (Wildman–Crippen LogP) is 3.29. The molecule has 0 fully saturated rings. The Kier molecular flexibility index (Phi) is 6.63. The van der Waals surface area contributed by atoms with Crippen LogP contribution in [0, 0.1) is 6.92 Å². The van der Waals surface area contributed by atoms with Crippen molar-refractivity contribution in [2.45, 2.75) is 19.9 Å². The van der Waals surface area contributed by atoms with E-state index in [1.807, 2.05) is 12.1 Å². The summed E-state index contributed by atoms with van der Waals surface area (Å²) in [7, 11) is 1.60. The molecule has 1 aromatic carbocycles. The van der Waals surface area contributed by atoms with Gasteiger partial charge in [-0.25, -0.2) is 4.98 Å². The number of thiophene rings is 1. The van der Waals surface area contributed by atoms with E-state index in [0.29, 0.717) is 56.6 Å². The van der Waals surface area contributed by atoms with E-state index in [1.165, 1.54) is 22.2 Å². The summed E-state index contributed by atoms with van der Waals surface area (Å²) in [5.74, 6) is 0.374. The van der Waals surface area contributed by atoms with E-state index in [-0.39, 0.29) is 23.9 Å². The number of halogens is 1. The maximum Gasteiger partial charge on any atom is 0.268 e. The highest BCUT2D eigenvalue weighted by molar-refractivity contribution is 7.22. The van der Waals surface area contributed by atoms with Gasteiger partial charge in [0.05, 0.1) is 21.6 Å². The van der Waals surface area contributed by atoms with Gasteiger partial charge in [-0.1, -0.05) is 28.9 Å². The van der Waals surface area contributed by atoms with Crippen LogP contribution >= 0.6 is 22.9 Å². The van der Waals surface area contributed by atoms with Crippen molar-refractivity contribution in [3.05, 3.63) is 51.5 Å². The second kappa shape index (κ2) is 9.60. The van der Waals surface area contributed by atoms with Gasteiger partial charge in [0.2, 0.25) is 11.7 Å². The molecule has 0 unspecified atom stereocenters. The van der Waals surface area contributed by atoms with Gasteiger partial charge in [-0.3, -0.25) is 14.2 Å². The number of hydrogen-bond acceptors (Lipinski definition) is 8. The molecule has 0 saturated heterocycles. The minimum atomic E-state index is -0.298. The molecule has 3 heterocycles. The van der Waals surface area contributed by atoms with Gasteiger partial charge in [0.25, 0.3) is 11.4 Å². The van der Waals surface area contributed by atoms with Crippen molar-refractivity contribution in [3.8, 4) is 22.2 Å². The van der Waals surface area contributed by atoms with Gasteiger partial charge in [0.1, 0.15) is 11.4 Å². The Bertz CT molecular complexity index is 1330. The van der Waals surface area contributed by atoms with Gasteiger partial charge in [-0.15, -0.1) is 11.3 Å². The van der Waals surface area contributed by atoms with Crippen molar-refractivity contribution >= 4 is 39.1 Å². The molecule has 0 saturated carbocycles. The molecule has 0 spiro atoms. The number of benzene rings is 1. The Morgan fingerprint density at radius 3 is 2.94 bits per heavy atom. The maximum absolute atomic E-state index is 13.0. The number of ether oxygens (including phenoxy) is 1. The molecule has 4 rings (SSSR count). The first kappa shape index (κ1) is 22.1. The molecule has 0 aliphatic heterocycles. The predicted molar refractivity (Wildman–Crippen MR) is 122 cm³/mol. The number of aryl methyl sites for hydroxylation is 1. The Morgan fingerprint density at radius 1 is 1.34 bits per heavy atom. The zero-order valence-electron chi connectivity index (χ0n) is 17.4. The van der Waals surface area contributed by atoms with Gasteiger partial charge in [-0.05, 0) is 31.0 Å². The smallest absolute Gasteiger partial charge is 0.268 e. The van der Waals surface area contributed by atoms with E-state index in [9.17, 15) is 9.59 Å². The fraction of sp³-hybridized carbons (Fsp3) is 0.286. The van der Waals surface area contributed by atoms with E-state index in [1.54, 1.807) is 26.2 Å². The summed E-state index contributed by atoms with van der Waals surface area (Å²) in [6, 6.07) is 7.20. The summed E-state index contributed by atoms with van der Waals surface area (Å²) in [5, 5.41) is 7.73. The summed E-state index contributed by atoms with van der Waals surface area (Å²) in [4.78, 5) is 35.2. The third-order valence-electron chi connectivity index (χ3n) is 4.81. The largest absolute Gasteiger partial charge is 0.385 e. The third kappa shape index (κ3) is 4.43. The lowest BCUT2D eigenvalue weighted by Gasteiger charge is -2.07. The zero-order chi connectivity index (χ0) is 22.7. The number of nitrogens with one attached hydrogen (secondary N) is 1. The molecule has 4 aromatic rings. The van der Waals surface area contributed by atoms with Gasteiger partial charge in [0.15, 0.2) is 0 Å². The van der Waals surface area contributed by atoms with Crippen LogP contribution in [0.2, 0.25) is 5.02 Å². The van der Waals surface area contributed by atoms with E-state index < -0.39 is 0 Å². The third-order valence-corrected chi connectivity index (χ3v) is 6.33. The van der Waals surface area contributed by atoms with Crippen LogP contribution in [0.4, 0.5) is 0 Å². The number of carbonyl (C=O) groups excluding carboxylic acids is 1. The highest BCUT2D eigenvalue weighted by atomic mass is 35.5. The Balaban J connectivity index is 1.61. The number of carbonyl (C=O) groups is 1. The first-order valence-corrected chi connectivity index (χ1v) is 11.0. The van der Waals surface area contributed by atoms with Crippen LogP contribution in [0.15, 0.2) is 39.9 Å². The molecule has 166 valence electrons. The minimum absolute atomic E-state index is 0.114. The Hall–Kier alpha value is -3.08. The molecule has 1 N–H and O–H groups in total. The van der Waals surface area contributed by atoms with Gasteiger partial charge in [0, 0.05) is 25.8 Å². The maximum atomic E-state index is 13.0. The SMILES string of the molecule is COCCCNC(=O)Cn1cnc2sc(-c3nc(-c4ccccc4Cl)no3)c(C)c2c1=O. The summed E-state index contributed by atoms with van der Waals surface area (Å²) >= 11 is 7.51. The number of nitrogens with zero attached hydrogens (tertiary/aromatic N) is 4. The normalized spacial score (nSPS) is 11.2. The monoisotopic (exact) mass is 473 g/mol. The van der Waals surface area contributed by atoms with E-state index in [4.69, 9.17) is 20.9 Å². The fourth-order valence-corrected chi connectivity index (χ4v) is 4.48. The molecule has 11 heteroatoms. The highest BCUT2D eigenvalue weighted by Crippen LogP contribution is 2.36. The van der Waals surface area contributed by atoms with Crippen molar-refractivity contribution in [3.63, 3.8) is 0 Å². The molecular formula is C21H20ClN5O4S. The standard InChI is InChI=1S/C21H20ClN5O4S/c1-12-16-20(24-11-27(21(16)29)10-15(28)23-8-5-9-30-2)32-17(12)19-25-18(26-31-19)13-6-3-4-7-14(13)22/h3-4,6-7,11H,5,8-10H2,1-2H3,(H,23,28). The average Bonchev–Trinajstić information content (AvgIpc) is 3.39. The number of fused-ring (bicyclic) bond motifs is 1. The first-order valence-electron chi connectivity index (χ1n) is 9.82. The number of aromatic nitrogens is 4. The van der Waals surface area contributed by atoms with Crippen LogP contribution in [-0.4, -0.2) is 45.9 Å². The lowest BCUT2D eigenvalue weighted by atomic mass is 10.2. The molecule has 0 aliphatic rings. The number of hydrogen-bond donors (Lipinski definition) is 1. The molecule has 32 heavy (non-hydrogen) atoms. The molecular weight excluding hydrogens is 454 g/mol. The molecule has 0 radical (unpaired) electrons. The Morgan fingerprint density at radius 2 is 2.16 bits per heavy atom. The van der Waals surface area contributed by atoms with Crippen LogP contribution in [0.5, 0.6) is 0 Å². The van der Waals surface area contributed by atoms with Crippen molar-refractivity contribution in [1.29, 1.82) is 0 Å². The molecule has 3 aromatic heterocycles. The van der Waals surface area contributed by atoms with Crippen molar-refractivity contribution in [2.24, 2.45) is 0 Å². The van der Waals surface area contributed by atoms with Crippen LogP contribution in [0.25, 0.3) is 32.4 Å². The van der Waals surface area contributed by atoms with E-state index in [0.717, 1.165) is 0 Å². The topological polar surface area (TPSA) is 112 Å². The summed E-state index contributed by atoms with van der Waals surface area (Å²) in [6.45, 7) is 2.71. The van der Waals surface area contributed by atoms with Crippen molar-refractivity contribution in [2.75, 3.05) is 20.3 Å². The molecule has 0 aliphatic carbocycles. The van der Waals surface area contributed by atoms with Gasteiger partial charge in [-0.2, -0.15) is 4.98 Å². The second-order valence-electron chi connectivity index (χ2n) is 7.01. The lowest BCUT2D eigenvalue weighted by molar-refractivity contribution is -0.121. The van der Waals surface area contributed by atoms with Crippen molar-refractivity contribution in [1.82, 2.24) is 25.0 Å². The Labute approximate surface area is 192 Å². The minimum Gasteiger partial charge on any atom is -0.385 e. The van der Waals surface area contributed by atoms with Crippen LogP contribution < -0.4 is 10.9 Å². The molecule has 0 atom stereocenters. The van der Waals surface area contributed by atoms with Crippen LogP contribution in [-0.2, 0) is 16.1 Å². The average molecular weight is 474 g/mol. The lowest BCUT2D eigenvalue weighted by Crippen LogP contribution is -2.33. The summed E-state index contributed by atoms with van der Waals surface area (Å²) < 4.78 is 11.7. The summed E-state index contributed by atoms with van der Waals surface area (Å²) in [5.41, 5.74) is 1.03. The van der Waals surface area contributed by atoms with E-state index in [2.05, 4.69) is 20.4 Å². The molecule has 1 amide bonds. The number of methoxy groups -OCH3 is 1. The van der Waals surface area contributed by atoms with Gasteiger partial charge < -0.3 is 14.6 Å². The van der Waals surface area contributed by atoms with Crippen LogP contribution in [0.3, 0.4) is 0 Å². The van der Waals surface area contributed by atoms with E-state index >= 15 is 0 Å².